The van der Waals surface area contributed by atoms with Gasteiger partial charge in [-0.3, -0.25) is 9.59 Å². The zero-order chi connectivity index (χ0) is 13.9. The van der Waals surface area contributed by atoms with E-state index in [2.05, 4.69) is 10.6 Å². The zero-order valence-corrected chi connectivity index (χ0v) is 12.0. The number of likely N-dealkylation sites (tertiary alicyclic amines) is 1. The van der Waals surface area contributed by atoms with E-state index in [1.54, 1.807) is 18.9 Å². The quantitative estimate of drug-likeness (QED) is 0.772. The van der Waals surface area contributed by atoms with Gasteiger partial charge in [-0.2, -0.15) is 0 Å². The molecule has 2 unspecified atom stereocenters. The van der Waals surface area contributed by atoms with E-state index in [1.165, 1.54) is 0 Å². The van der Waals surface area contributed by atoms with Crippen LogP contribution in [0, 0.1) is 0 Å². The van der Waals surface area contributed by atoms with E-state index >= 15 is 0 Å². The highest BCUT2D eigenvalue weighted by atomic mass is 16.2. The van der Waals surface area contributed by atoms with Gasteiger partial charge in [-0.05, 0) is 47.6 Å². The molecule has 5 nitrogen and oxygen atoms in total. The Balaban J connectivity index is 2.68. The number of rotatable bonds is 3. The predicted octanol–water partition coefficient (Wildman–Crippen LogP) is 0.500. The van der Waals surface area contributed by atoms with Crippen LogP contribution in [0.5, 0.6) is 0 Å². The minimum absolute atomic E-state index is 0.0281. The van der Waals surface area contributed by atoms with Crippen molar-refractivity contribution in [3.63, 3.8) is 0 Å². The van der Waals surface area contributed by atoms with Crippen molar-refractivity contribution in [2.45, 2.75) is 58.2 Å². The van der Waals surface area contributed by atoms with E-state index in [0.717, 1.165) is 12.8 Å². The van der Waals surface area contributed by atoms with Gasteiger partial charge in [-0.15, -0.1) is 0 Å². The highest BCUT2D eigenvalue weighted by Gasteiger charge is 2.34. The number of nitrogens with zero attached hydrogens (tertiary/aromatic N) is 1. The number of nitrogens with one attached hydrogen (secondary N) is 2. The molecule has 0 aliphatic carbocycles. The number of amides is 2. The Morgan fingerprint density at radius 1 is 1.44 bits per heavy atom. The summed E-state index contributed by atoms with van der Waals surface area (Å²) in [6.45, 7) is 8.26. The molecule has 2 amide bonds. The van der Waals surface area contributed by atoms with Crippen LogP contribution in [0.15, 0.2) is 0 Å². The normalized spacial score (nSPS) is 22.8. The summed E-state index contributed by atoms with van der Waals surface area (Å²) in [6.07, 6.45) is 1.78. The highest BCUT2D eigenvalue weighted by Crippen LogP contribution is 2.15. The number of carbonyl (C=O) groups excluding carboxylic acids is 2. The summed E-state index contributed by atoms with van der Waals surface area (Å²) in [5.41, 5.74) is -0.271. The van der Waals surface area contributed by atoms with Gasteiger partial charge in [-0.25, -0.2) is 0 Å². The molecule has 0 saturated carbocycles. The van der Waals surface area contributed by atoms with Crippen molar-refractivity contribution in [2.24, 2.45) is 0 Å². The molecule has 1 fully saturated rings. The molecule has 104 valence electrons. The van der Waals surface area contributed by atoms with Gasteiger partial charge in [0.1, 0.15) is 6.04 Å². The van der Waals surface area contributed by atoms with E-state index < -0.39 is 6.04 Å². The summed E-state index contributed by atoms with van der Waals surface area (Å²) >= 11 is 0. The lowest BCUT2D eigenvalue weighted by molar-refractivity contribution is -0.144. The second kappa shape index (κ2) is 5.69. The summed E-state index contributed by atoms with van der Waals surface area (Å²) in [5.74, 6) is -0.0621. The van der Waals surface area contributed by atoms with Crippen LogP contribution in [-0.2, 0) is 9.59 Å². The standard InChI is InChI=1S/C13H25N3O2/c1-9(11(17)15-13(2,3)4)16-8-6-7-10(14-5)12(16)18/h9-10,14H,6-8H2,1-5H3,(H,15,17). The van der Waals surface area contributed by atoms with Crippen molar-refractivity contribution in [2.75, 3.05) is 13.6 Å². The highest BCUT2D eigenvalue weighted by molar-refractivity contribution is 5.90. The molecule has 18 heavy (non-hydrogen) atoms. The maximum Gasteiger partial charge on any atom is 0.242 e. The van der Waals surface area contributed by atoms with Crippen molar-refractivity contribution >= 4 is 11.8 Å². The van der Waals surface area contributed by atoms with Gasteiger partial charge in [0.2, 0.25) is 11.8 Å². The molecule has 0 aromatic heterocycles. The molecule has 0 radical (unpaired) electrons. The Morgan fingerprint density at radius 2 is 2.06 bits per heavy atom. The zero-order valence-electron chi connectivity index (χ0n) is 12.0. The van der Waals surface area contributed by atoms with Crippen molar-refractivity contribution in [1.29, 1.82) is 0 Å². The van der Waals surface area contributed by atoms with E-state index in [-0.39, 0.29) is 23.4 Å². The summed E-state index contributed by atoms with van der Waals surface area (Å²) in [7, 11) is 1.78. The molecule has 1 aliphatic rings. The second-order valence-electron chi connectivity index (χ2n) is 5.93. The summed E-state index contributed by atoms with van der Waals surface area (Å²) < 4.78 is 0. The van der Waals surface area contributed by atoms with Gasteiger partial charge in [-0.1, -0.05) is 0 Å². The summed E-state index contributed by atoms with van der Waals surface area (Å²) in [6, 6.07) is -0.559. The van der Waals surface area contributed by atoms with E-state index in [0.29, 0.717) is 6.54 Å². The molecule has 1 rings (SSSR count). The number of hydrogen-bond acceptors (Lipinski definition) is 3. The molecule has 0 bridgehead atoms. The monoisotopic (exact) mass is 255 g/mol. The molecule has 5 heteroatoms. The van der Waals surface area contributed by atoms with Gasteiger partial charge in [0.15, 0.2) is 0 Å². The first-order valence-corrected chi connectivity index (χ1v) is 6.56. The van der Waals surface area contributed by atoms with Crippen LogP contribution >= 0.6 is 0 Å². The van der Waals surface area contributed by atoms with Crippen LogP contribution in [-0.4, -0.2) is 47.9 Å². The molecule has 0 spiro atoms. The van der Waals surface area contributed by atoms with E-state index in [9.17, 15) is 9.59 Å². The molecule has 2 atom stereocenters. The Kier molecular flexibility index (Phi) is 4.73. The largest absolute Gasteiger partial charge is 0.350 e. The Labute approximate surface area is 109 Å². The van der Waals surface area contributed by atoms with Gasteiger partial charge in [0, 0.05) is 12.1 Å². The number of likely N-dealkylation sites (N-methyl/N-ethyl adjacent to an activating group) is 1. The van der Waals surface area contributed by atoms with Crippen molar-refractivity contribution < 1.29 is 9.59 Å². The number of carbonyl (C=O) groups is 2. The molecule has 2 N–H and O–H groups in total. The molecule has 1 saturated heterocycles. The van der Waals surface area contributed by atoms with Gasteiger partial charge in [0.05, 0.1) is 6.04 Å². The van der Waals surface area contributed by atoms with Crippen LogP contribution in [0.1, 0.15) is 40.5 Å². The van der Waals surface area contributed by atoms with Crippen molar-refractivity contribution in [3.8, 4) is 0 Å². The van der Waals surface area contributed by atoms with Crippen molar-refractivity contribution in [1.82, 2.24) is 15.5 Å². The maximum absolute atomic E-state index is 12.2. The minimum atomic E-state index is -0.409. The van der Waals surface area contributed by atoms with E-state index in [1.807, 2.05) is 20.8 Å². The van der Waals surface area contributed by atoms with E-state index in [4.69, 9.17) is 0 Å². The van der Waals surface area contributed by atoms with Crippen LogP contribution in [0.4, 0.5) is 0 Å². The van der Waals surface area contributed by atoms with Crippen LogP contribution in [0.2, 0.25) is 0 Å². The van der Waals surface area contributed by atoms with Gasteiger partial charge < -0.3 is 15.5 Å². The third-order valence-electron chi connectivity index (χ3n) is 3.17. The summed E-state index contributed by atoms with van der Waals surface area (Å²) in [5, 5.41) is 5.92. The van der Waals surface area contributed by atoms with Crippen LogP contribution in [0.3, 0.4) is 0 Å². The maximum atomic E-state index is 12.2. The number of piperidine rings is 1. The first-order valence-electron chi connectivity index (χ1n) is 6.56. The third kappa shape index (κ3) is 3.70. The topological polar surface area (TPSA) is 61.4 Å². The Bertz CT molecular complexity index is 323. The predicted molar refractivity (Wildman–Crippen MR) is 71.2 cm³/mol. The minimum Gasteiger partial charge on any atom is -0.350 e. The lowest BCUT2D eigenvalue weighted by Gasteiger charge is -2.36. The number of hydrogen-bond donors (Lipinski definition) is 2. The molecule has 0 aromatic carbocycles. The first-order chi connectivity index (χ1) is 8.26. The molecule has 1 heterocycles. The lowest BCUT2D eigenvalue weighted by atomic mass is 10.0. The van der Waals surface area contributed by atoms with Gasteiger partial charge >= 0.3 is 0 Å². The fourth-order valence-corrected chi connectivity index (χ4v) is 2.17. The average molecular weight is 255 g/mol. The Morgan fingerprint density at radius 3 is 2.56 bits per heavy atom. The molecule has 0 aromatic rings. The second-order valence-corrected chi connectivity index (χ2v) is 5.93. The molecular weight excluding hydrogens is 230 g/mol. The fourth-order valence-electron chi connectivity index (χ4n) is 2.17. The summed E-state index contributed by atoms with van der Waals surface area (Å²) in [4.78, 5) is 25.9. The van der Waals surface area contributed by atoms with Gasteiger partial charge in [0.25, 0.3) is 0 Å². The third-order valence-corrected chi connectivity index (χ3v) is 3.17. The van der Waals surface area contributed by atoms with Crippen molar-refractivity contribution in [3.05, 3.63) is 0 Å². The molecular formula is C13H25N3O2. The fraction of sp³-hybridized carbons (Fsp3) is 0.846. The van der Waals surface area contributed by atoms with Crippen LogP contribution in [0.25, 0.3) is 0 Å². The van der Waals surface area contributed by atoms with Crippen LogP contribution < -0.4 is 10.6 Å². The first kappa shape index (κ1) is 15.0. The lowest BCUT2D eigenvalue weighted by Crippen LogP contribution is -2.58. The smallest absolute Gasteiger partial charge is 0.242 e. The SMILES string of the molecule is CNC1CCCN(C(C)C(=O)NC(C)(C)C)C1=O. The molecule has 1 aliphatic heterocycles. The Hall–Kier alpha value is -1.10. The average Bonchev–Trinajstić information content (AvgIpc) is 2.26.